The van der Waals surface area contributed by atoms with Crippen molar-refractivity contribution in [3.63, 3.8) is 0 Å². The summed E-state index contributed by atoms with van der Waals surface area (Å²) in [6.45, 7) is 8.06. The van der Waals surface area contributed by atoms with Crippen LogP contribution in [0.5, 0.6) is 0 Å². The lowest BCUT2D eigenvalue weighted by atomic mass is 9.90. The van der Waals surface area contributed by atoms with Crippen LogP contribution in [0.3, 0.4) is 0 Å². The Balaban J connectivity index is 1.32. The molecule has 1 heterocycles. The van der Waals surface area contributed by atoms with Gasteiger partial charge in [0.15, 0.2) is 0 Å². The van der Waals surface area contributed by atoms with E-state index in [9.17, 15) is 5.11 Å². The molecular formula is C17H31NO3. The lowest BCUT2D eigenvalue weighted by Crippen LogP contribution is -2.48. The number of ether oxygens (including phenoxy) is 2. The van der Waals surface area contributed by atoms with Crippen molar-refractivity contribution in [2.24, 2.45) is 17.8 Å². The molecule has 0 amide bonds. The highest BCUT2D eigenvalue weighted by Gasteiger charge is 2.39. The minimum absolute atomic E-state index is 0.260. The molecule has 3 fully saturated rings. The van der Waals surface area contributed by atoms with Gasteiger partial charge in [-0.05, 0) is 50.9 Å². The summed E-state index contributed by atoms with van der Waals surface area (Å²) < 4.78 is 11.5. The molecule has 4 heteroatoms. The monoisotopic (exact) mass is 297 g/mol. The molecule has 3 rings (SSSR count). The Kier molecular flexibility index (Phi) is 5.20. The number of fused-ring (bicyclic) bond motifs is 2. The van der Waals surface area contributed by atoms with E-state index in [4.69, 9.17) is 9.47 Å². The van der Waals surface area contributed by atoms with Crippen molar-refractivity contribution in [2.45, 2.75) is 57.8 Å². The third-order valence-electron chi connectivity index (χ3n) is 5.49. The van der Waals surface area contributed by atoms with E-state index in [1.54, 1.807) is 0 Å². The maximum absolute atomic E-state index is 10.2. The number of morpholine rings is 1. The molecule has 3 aliphatic rings. The Morgan fingerprint density at radius 3 is 2.57 bits per heavy atom. The first-order valence-electron chi connectivity index (χ1n) is 8.73. The molecule has 0 aromatic heterocycles. The lowest BCUT2D eigenvalue weighted by Gasteiger charge is -2.36. The van der Waals surface area contributed by atoms with Crippen LogP contribution in [0.15, 0.2) is 0 Å². The molecule has 2 bridgehead atoms. The van der Waals surface area contributed by atoms with Gasteiger partial charge in [0.1, 0.15) is 0 Å². The average Bonchev–Trinajstić information content (AvgIpc) is 2.99. The van der Waals surface area contributed by atoms with Gasteiger partial charge in [0.2, 0.25) is 0 Å². The predicted molar refractivity (Wildman–Crippen MR) is 82.2 cm³/mol. The molecule has 1 aliphatic heterocycles. The number of hydrogen-bond donors (Lipinski definition) is 1. The SMILES string of the molecule is C[C@@H]1CN(C[C@H](O)COC[C@@H]2C[C@@H]3CC[C@@H]2C3)C[C@@H](C)O1. The number of hydrogen-bond acceptors (Lipinski definition) is 4. The second-order valence-electron chi connectivity index (χ2n) is 7.60. The van der Waals surface area contributed by atoms with Crippen LogP contribution in [0.2, 0.25) is 0 Å². The second-order valence-corrected chi connectivity index (χ2v) is 7.60. The molecule has 0 aromatic rings. The number of aliphatic hydroxyl groups is 1. The van der Waals surface area contributed by atoms with E-state index in [1.807, 2.05) is 0 Å². The molecule has 21 heavy (non-hydrogen) atoms. The quantitative estimate of drug-likeness (QED) is 0.813. The molecule has 122 valence electrons. The van der Waals surface area contributed by atoms with Crippen molar-refractivity contribution in [3.8, 4) is 0 Å². The van der Waals surface area contributed by atoms with Gasteiger partial charge in [-0.1, -0.05) is 6.42 Å². The van der Waals surface area contributed by atoms with E-state index in [1.165, 1.54) is 25.7 Å². The first-order valence-corrected chi connectivity index (χ1v) is 8.73. The number of nitrogens with zero attached hydrogens (tertiary/aromatic N) is 1. The van der Waals surface area contributed by atoms with Gasteiger partial charge in [0.05, 0.1) is 24.9 Å². The highest BCUT2D eigenvalue weighted by Crippen LogP contribution is 2.48. The summed E-state index contributed by atoms with van der Waals surface area (Å²) in [4.78, 5) is 2.30. The average molecular weight is 297 g/mol. The van der Waals surface area contributed by atoms with Gasteiger partial charge >= 0.3 is 0 Å². The summed E-state index contributed by atoms with van der Waals surface area (Å²) in [7, 11) is 0. The molecule has 0 unspecified atom stereocenters. The fraction of sp³-hybridized carbons (Fsp3) is 1.00. The minimum atomic E-state index is -0.374. The van der Waals surface area contributed by atoms with E-state index in [0.29, 0.717) is 13.2 Å². The fourth-order valence-corrected chi connectivity index (χ4v) is 4.72. The van der Waals surface area contributed by atoms with E-state index in [-0.39, 0.29) is 18.3 Å². The standard InChI is InChI=1S/C17H31NO3/c1-12-7-18(8-13(2)21-12)9-17(19)11-20-10-16-6-14-3-4-15(16)5-14/h12-17,19H,3-11H2,1-2H3/t12-,13-,14-,15-,16+,17+/m1/s1. The maximum atomic E-state index is 10.2. The maximum Gasteiger partial charge on any atom is 0.0900 e. The van der Waals surface area contributed by atoms with Crippen LogP contribution in [-0.4, -0.2) is 61.2 Å². The van der Waals surface area contributed by atoms with Crippen LogP contribution in [0, 0.1) is 17.8 Å². The second kappa shape index (κ2) is 6.95. The number of aliphatic hydroxyl groups excluding tert-OH is 1. The van der Waals surface area contributed by atoms with Gasteiger partial charge in [0, 0.05) is 26.2 Å². The molecule has 6 atom stereocenters. The van der Waals surface area contributed by atoms with Crippen LogP contribution in [0.1, 0.15) is 39.5 Å². The topological polar surface area (TPSA) is 41.9 Å². The van der Waals surface area contributed by atoms with Crippen LogP contribution in [-0.2, 0) is 9.47 Å². The van der Waals surface area contributed by atoms with Crippen molar-refractivity contribution >= 4 is 0 Å². The van der Waals surface area contributed by atoms with Gasteiger partial charge in [-0.3, -0.25) is 4.90 Å². The summed E-state index contributed by atoms with van der Waals surface area (Å²) in [6, 6.07) is 0. The predicted octanol–water partition coefficient (Wildman–Crippen LogP) is 1.91. The third kappa shape index (κ3) is 4.19. The van der Waals surface area contributed by atoms with Crippen molar-refractivity contribution < 1.29 is 14.6 Å². The zero-order chi connectivity index (χ0) is 14.8. The highest BCUT2D eigenvalue weighted by molar-refractivity contribution is 4.89. The molecule has 1 saturated heterocycles. The number of β-amino-alcohol motifs (C(OH)–C–C–N with tert-alkyl or cyclic N) is 1. The smallest absolute Gasteiger partial charge is 0.0900 e. The Bertz CT molecular complexity index is 328. The van der Waals surface area contributed by atoms with Gasteiger partial charge in [-0.25, -0.2) is 0 Å². The Hall–Kier alpha value is -0.160. The fourth-order valence-electron chi connectivity index (χ4n) is 4.72. The van der Waals surface area contributed by atoms with Crippen molar-refractivity contribution in [3.05, 3.63) is 0 Å². The molecule has 4 nitrogen and oxygen atoms in total. The highest BCUT2D eigenvalue weighted by atomic mass is 16.5. The summed E-state index contributed by atoms with van der Waals surface area (Å²) in [6.07, 6.45) is 5.79. The Labute approximate surface area is 128 Å². The zero-order valence-electron chi connectivity index (χ0n) is 13.5. The van der Waals surface area contributed by atoms with Crippen LogP contribution < -0.4 is 0 Å². The minimum Gasteiger partial charge on any atom is -0.389 e. The summed E-state index contributed by atoms with van der Waals surface area (Å²) >= 11 is 0. The van der Waals surface area contributed by atoms with Gasteiger partial charge in [-0.2, -0.15) is 0 Å². The Morgan fingerprint density at radius 2 is 1.95 bits per heavy atom. The largest absolute Gasteiger partial charge is 0.389 e. The third-order valence-corrected chi connectivity index (χ3v) is 5.49. The molecule has 0 spiro atoms. The summed E-state index contributed by atoms with van der Waals surface area (Å²) in [5.74, 6) is 2.65. The van der Waals surface area contributed by atoms with Crippen molar-refractivity contribution in [1.82, 2.24) is 4.90 Å². The Morgan fingerprint density at radius 1 is 1.19 bits per heavy atom. The number of rotatable bonds is 6. The van der Waals surface area contributed by atoms with E-state index < -0.39 is 0 Å². The zero-order valence-corrected chi connectivity index (χ0v) is 13.5. The van der Waals surface area contributed by atoms with Crippen molar-refractivity contribution in [2.75, 3.05) is 32.8 Å². The van der Waals surface area contributed by atoms with E-state index >= 15 is 0 Å². The molecule has 0 aromatic carbocycles. The van der Waals surface area contributed by atoms with E-state index in [2.05, 4.69) is 18.7 Å². The van der Waals surface area contributed by atoms with Crippen molar-refractivity contribution in [1.29, 1.82) is 0 Å². The van der Waals surface area contributed by atoms with E-state index in [0.717, 1.165) is 37.5 Å². The normalized spacial score (nSPS) is 41.6. The molecule has 1 N–H and O–H groups in total. The molecule has 2 saturated carbocycles. The summed E-state index contributed by atoms with van der Waals surface area (Å²) in [5, 5.41) is 10.2. The first kappa shape index (κ1) is 15.7. The molecule has 2 aliphatic carbocycles. The van der Waals surface area contributed by atoms with Gasteiger partial charge in [-0.15, -0.1) is 0 Å². The first-order chi connectivity index (χ1) is 10.1. The van der Waals surface area contributed by atoms with Crippen LogP contribution >= 0.6 is 0 Å². The van der Waals surface area contributed by atoms with Gasteiger partial charge < -0.3 is 14.6 Å². The molecular weight excluding hydrogens is 266 g/mol. The lowest BCUT2D eigenvalue weighted by molar-refractivity contribution is -0.0832. The van der Waals surface area contributed by atoms with Crippen LogP contribution in [0.25, 0.3) is 0 Å². The summed E-state index contributed by atoms with van der Waals surface area (Å²) in [5.41, 5.74) is 0. The van der Waals surface area contributed by atoms with Gasteiger partial charge in [0.25, 0.3) is 0 Å². The molecule has 0 radical (unpaired) electrons. The van der Waals surface area contributed by atoms with Crippen LogP contribution in [0.4, 0.5) is 0 Å².